The van der Waals surface area contributed by atoms with Gasteiger partial charge in [0.15, 0.2) is 5.82 Å². The fourth-order valence-electron chi connectivity index (χ4n) is 2.10. The van der Waals surface area contributed by atoms with E-state index in [1.807, 2.05) is 6.07 Å². The van der Waals surface area contributed by atoms with E-state index in [1.165, 1.54) is 4.80 Å². The lowest BCUT2D eigenvalue weighted by atomic mass is 10.4. The first-order chi connectivity index (χ1) is 13.5. The third-order valence-electron chi connectivity index (χ3n) is 3.33. The van der Waals surface area contributed by atoms with Crippen LogP contribution >= 0.6 is 35.1 Å². The zero-order chi connectivity index (χ0) is 20.2. The number of nitrogens with zero attached hydrogens (tertiary/aromatic N) is 5. The molecule has 12 heteroatoms. The second-order valence-electron chi connectivity index (χ2n) is 5.54. The molecule has 2 aromatic heterocycles. The monoisotopic (exact) mass is 443 g/mol. The highest BCUT2D eigenvalue weighted by Gasteiger charge is 2.04. The molecule has 2 aromatic rings. The molecule has 152 valence electrons. The Hall–Kier alpha value is -1.98. The average molecular weight is 444 g/mol. The second kappa shape index (κ2) is 12.5. The van der Waals surface area contributed by atoms with Crippen LogP contribution in [0.4, 0.5) is 0 Å². The van der Waals surface area contributed by atoms with Crippen LogP contribution in [0.25, 0.3) is 0 Å². The molecule has 2 rings (SSSR count). The van der Waals surface area contributed by atoms with Crippen LogP contribution < -0.4 is 10.6 Å². The molecule has 0 saturated heterocycles. The molecule has 0 radical (unpaired) electrons. The summed E-state index contributed by atoms with van der Waals surface area (Å²) in [4.78, 5) is 16.1. The summed E-state index contributed by atoms with van der Waals surface area (Å²) in [5, 5.41) is 25.8. The van der Waals surface area contributed by atoms with Crippen molar-refractivity contribution in [3.05, 3.63) is 63.1 Å². The Morgan fingerprint density at radius 3 is 2.64 bits per heavy atom. The summed E-state index contributed by atoms with van der Waals surface area (Å²) in [7, 11) is 1.78. The van der Waals surface area contributed by atoms with Gasteiger partial charge in [0.05, 0.1) is 27.5 Å². The van der Waals surface area contributed by atoms with E-state index in [9.17, 15) is 10.1 Å². The number of hydrogen-bond donors (Lipinski definition) is 2. The maximum atomic E-state index is 10.8. The lowest BCUT2D eigenvalue weighted by Gasteiger charge is -2.11. The first-order valence-corrected chi connectivity index (χ1v) is 11.2. The molecule has 0 aliphatic rings. The zero-order valence-electron chi connectivity index (χ0n) is 15.4. The normalized spacial score (nSPS) is 11.4. The largest absolute Gasteiger partial charge is 0.366 e. The van der Waals surface area contributed by atoms with Gasteiger partial charge in [-0.05, 0) is 12.1 Å². The van der Waals surface area contributed by atoms with Gasteiger partial charge in [-0.3, -0.25) is 15.1 Å². The standard InChI is InChI=1S/C16H22ClN7O2S2/c1-23-21-9-13(22-23)11-27-7-5-19-16(10-24(25)26)20-6-8-28-12-15-14(17)3-2-4-18-15/h2-4,9-10,19-20H,5-8,11-12H2,1H3. The number of hydrogen-bond acceptors (Lipinski definition) is 9. The molecule has 0 saturated carbocycles. The van der Waals surface area contributed by atoms with Crippen molar-refractivity contribution in [3.63, 3.8) is 0 Å². The summed E-state index contributed by atoms with van der Waals surface area (Å²) < 4.78 is 0. The van der Waals surface area contributed by atoms with Gasteiger partial charge >= 0.3 is 0 Å². The van der Waals surface area contributed by atoms with E-state index < -0.39 is 4.92 Å². The Balaban J connectivity index is 1.62. The van der Waals surface area contributed by atoms with Crippen molar-refractivity contribution in [3.8, 4) is 0 Å². The second-order valence-corrected chi connectivity index (χ2v) is 8.16. The predicted molar refractivity (Wildman–Crippen MR) is 114 cm³/mol. The van der Waals surface area contributed by atoms with Crippen LogP contribution in [0.15, 0.2) is 36.5 Å². The van der Waals surface area contributed by atoms with Gasteiger partial charge in [0.25, 0.3) is 6.20 Å². The third-order valence-corrected chi connectivity index (χ3v) is 5.64. The quantitative estimate of drug-likeness (QED) is 0.273. The van der Waals surface area contributed by atoms with Crippen molar-refractivity contribution in [1.29, 1.82) is 0 Å². The van der Waals surface area contributed by atoms with Crippen molar-refractivity contribution < 1.29 is 4.92 Å². The number of aryl methyl sites for hydroxylation is 1. The maximum absolute atomic E-state index is 10.8. The Bertz CT molecular complexity index is 788. The average Bonchev–Trinajstić information content (AvgIpc) is 3.07. The van der Waals surface area contributed by atoms with E-state index in [0.29, 0.717) is 29.7 Å². The topological polar surface area (TPSA) is 111 Å². The summed E-state index contributed by atoms with van der Waals surface area (Å²) in [6.45, 7) is 1.20. The first kappa shape index (κ1) is 22.3. The number of aromatic nitrogens is 4. The van der Waals surface area contributed by atoms with E-state index in [1.54, 1.807) is 49.0 Å². The summed E-state index contributed by atoms with van der Waals surface area (Å²) in [5.41, 5.74) is 1.75. The van der Waals surface area contributed by atoms with Gasteiger partial charge in [0, 0.05) is 49.3 Å². The van der Waals surface area contributed by atoms with Crippen LogP contribution in [-0.2, 0) is 18.6 Å². The van der Waals surface area contributed by atoms with Gasteiger partial charge in [-0.15, -0.1) is 0 Å². The number of nitrogens with one attached hydrogen (secondary N) is 2. The zero-order valence-corrected chi connectivity index (χ0v) is 17.8. The Kier molecular flexibility index (Phi) is 9.94. The Morgan fingerprint density at radius 1 is 1.32 bits per heavy atom. The van der Waals surface area contributed by atoms with Crippen LogP contribution in [0.2, 0.25) is 5.02 Å². The molecule has 0 aliphatic carbocycles. The smallest absolute Gasteiger partial charge is 0.274 e. The van der Waals surface area contributed by atoms with E-state index in [2.05, 4.69) is 25.8 Å². The fourth-order valence-corrected chi connectivity index (χ4v) is 3.91. The highest BCUT2D eigenvalue weighted by Crippen LogP contribution is 2.18. The van der Waals surface area contributed by atoms with Crippen molar-refractivity contribution in [1.82, 2.24) is 30.6 Å². The molecule has 0 fully saturated rings. The predicted octanol–water partition coefficient (Wildman–Crippen LogP) is 2.28. The summed E-state index contributed by atoms with van der Waals surface area (Å²) in [6.07, 6.45) is 4.40. The highest BCUT2D eigenvalue weighted by molar-refractivity contribution is 7.98. The van der Waals surface area contributed by atoms with Gasteiger partial charge in [0.1, 0.15) is 0 Å². The maximum Gasteiger partial charge on any atom is 0.274 e. The van der Waals surface area contributed by atoms with Crippen LogP contribution in [-0.4, -0.2) is 49.5 Å². The number of nitro groups is 1. The number of pyridine rings is 1. The number of rotatable bonds is 13. The lowest BCUT2D eigenvalue weighted by Crippen LogP contribution is -2.30. The SMILES string of the molecule is Cn1ncc(CSCCNC(=C[N+](=O)[O-])NCCSCc2ncccc2Cl)n1. The minimum absolute atomic E-state index is 0.404. The summed E-state index contributed by atoms with van der Waals surface area (Å²) in [5.74, 6) is 3.42. The van der Waals surface area contributed by atoms with Crippen LogP contribution in [0.3, 0.4) is 0 Å². The number of thioether (sulfide) groups is 2. The molecular formula is C16H22ClN7O2S2. The molecular weight excluding hydrogens is 422 g/mol. The molecule has 2 heterocycles. The van der Waals surface area contributed by atoms with Gasteiger partial charge in [0.2, 0.25) is 0 Å². The van der Waals surface area contributed by atoms with Crippen molar-refractivity contribution in [2.24, 2.45) is 7.05 Å². The molecule has 0 aliphatic heterocycles. The first-order valence-electron chi connectivity index (χ1n) is 8.47. The van der Waals surface area contributed by atoms with Crippen molar-refractivity contribution in [2.75, 3.05) is 24.6 Å². The lowest BCUT2D eigenvalue weighted by molar-refractivity contribution is -0.404. The minimum atomic E-state index is -0.469. The van der Waals surface area contributed by atoms with Crippen LogP contribution in [0.1, 0.15) is 11.4 Å². The molecule has 0 atom stereocenters. The van der Waals surface area contributed by atoms with Crippen molar-refractivity contribution in [2.45, 2.75) is 11.5 Å². The van der Waals surface area contributed by atoms with E-state index in [4.69, 9.17) is 11.6 Å². The summed E-state index contributed by atoms with van der Waals surface area (Å²) in [6, 6.07) is 3.61. The van der Waals surface area contributed by atoms with E-state index in [-0.39, 0.29) is 0 Å². The van der Waals surface area contributed by atoms with Crippen LogP contribution in [0.5, 0.6) is 0 Å². The Labute approximate surface area is 176 Å². The molecule has 0 bridgehead atoms. The van der Waals surface area contributed by atoms with Gasteiger partial charge < -0.3 is 10.6 Å². The molecule has 0 aromatic carbocycles. The van der Waals surface area contributed by atoms with Gasteiger partial charge in [-0.1, -0.05) is 11.6 Å². The van der Waals surface area contributed by atoms with Crippen molar-refractivity contribution >= 4 is 35.1 Å². The summed E-state index contributed by atoms with van der Waals surface area (Å²) >= 11 is 9.42. The molecule has 0 unspecified atom stereocenters. The van der Waals surface area contributed by atoms with E-state index >= 15 is 0 Å². The minimum Gasteiger partial charge on any atom is -0.366 e. The Morgan fingerprint density at radius 2 is 2.04 bits per heavy atom. The molecule has 9 nitrogen and oxygen atoms in total. The van der Waals surface area contributed by atoms with Gasteiger partial charge in [-0.25, -0.2) is 0 Å². The molecule has 0 spiro atoms. The van der Waals surface area contributed by atoms with E-state index in [0.717, 1.165) is 34.8 Å². The molecule has 2 N–H and O–H groups in total. The fraction of sp³-hybridized carbons (Fsp3) is 0.438. The molecule has 0 amide bonds. The molecule has 28 heavy (non-hydrogen) atoms. The van der Waals surface area contributed by atoms with Crippen LogP contribution in [0, 0.1) is 10.1 Å². The van der Waals surface area contributed by atoms with Gasteiger partial charge in [-0.2, -0.15) is 38.5 Å². The third kappa shape index (κ3) is 8.81. The number of halogens is 1. The highest BCUT2D eigenvalue weighted by atomic mass is 35.5.